The van der Waals surface area contributed by atoms with Crippen molar-refractivity contribution in [3.05, 3.63) is 81.8 Å². The third-order valence-electron chi connectivity index (χ3n) is 4.93. The fourth-order valence-corrected chi connectivity index (χ4v) is 4.32. The van der Waals surface area contributed by atoms with E-state index in [1.165, 1.54) is 28.4 Å². The van der Waals surface area contributed by atoms with Gasteiger partial charge in [-0.2, -0.15) is 11.3 Å². The first-order valence-corrected chi connectivity index (χ1v) is 9.89. The third kappa shape index (κ3) is 3.10. The molecule has 0 radical (unpaired) electrons. The molecule has 1 saturated heterocycles. The van der Waals surface area contributed by atoms with E-state index in [4.69, 9.17) is 0 Å². The average molecular weight is 394 g/mol. The highest BCUT2D eigenvalue weighted by Crippen LogP contribution is 2.37. The Kier molecular flexibility index (Phi) is 4.73. The summed E-state index contributed by atoms with van der Waals surface area (Å²) in [5.41, 5.74) is 3.55. The molecule has 142 valence electrons. The third-order valence-corrected chi connectivity index (χ3v) is 5.64. The fraction of sp³-hybridized carbons (Fsp3) is 0.182. The van der Waals surface area contributed by atoms with Crippen LogP contribution in [0.15, 0.2) is 59.3 Å². The van der Waals surface area contributed by atoms with Gasteiger partial charge in [-0.05, 0) is 60.0 Å². The van der Waals surface area contributed by atoms with Crippen molar-refractivity contribution in [3.63, 3.8) is 0 Å². The van der Waals surface area contributed by atoms with E-state index in [-0.39, 0.29) is 24.0 Å². The Hall–Kier alpha value is -2.99. The zero-order valence-corrected chi connectivity index (χ0v) is 16.4. The minimum atomic E-state index is -0.825. The van der Waals surface area contributed by atoms with Crippen LogP contribution in [-0.4, -0.2) is 18.4 Å². The SMILES string of the molecule is Cc1ccc(N2C(=O)CN(c3ccccc3F)C(=O)[C@H]2c2ccsc2)c(C)c1. The number of rotatable bonds is 3. The molecule has 1 aromatic heterocycles. The van der Waals surface area contributed by atoms with Crippen LogP contribution < -0.4 is 9.80 Å². The van der Waals surface area contributed by atoms with Crippen LogP contribution in [0.25, 0.3) is 0 Å². The summed E-state index contributed by atoms with van der Waals surface area (Å²) in [7, 11) is 0. The Bertz CT molecular complexity index is 1050. The molecule has 4 rings (SSSR count). The Morgan fingerprint density at radius 2 is 1.82 bits per heavy atom. The number of piperazine rings is 1. The van der Waals surface area contributed by atoms with Gasteiger partial charge in [0.05, 0.1) is 5.69 Å². The minimum absolute atomic E-state index is 0.126. The number of hydrogen-bond acceptors (Lipinski definition) is 3. The van der Waals surface area contributed by atoms with Crippen LogP contribution in [-0.2, 0) is 9.59 Å². The second-order valence-electron chi connectivity index (χ2n) is 6.89. The first kappa shape index (κ1) is 18.4. The van der Waals surface area contributed by atoms with E-state index >= 15 is 0 Å². The predicted molar refractivity (Wildman–Crippen MR) is 109 cm³/mol. The molecule has 1 aliphatic heterocycles. The van der Waals surface area contributed by atoms with Gasteiger partial charge in [-0.25, -0.2) is 4.39 Å². The molecule has 0 N–H and O–H groups in total. The summed E-state index contributed by atoms with van der Waals surface area (Å²) in [6.07, 6.45) is 0. The monoisotopic (exact) mass is 394 g/mol. The van der Waals surface area contributed by atoms with Crippen LogP contribution in [0.5, 0.6) is 0 Å². The molecule has 3 aromatic rings. The van der Waals surface area contributed by atoms with E-state index in [2.05, 4.69) is 0 Å². The summed E-state index contributed by atoms with van der Waals surface area (Å²) >= 11 is 1.46. The lowest BCUT2D eigenvalue weighted by Crippen LogP contribution is -2.56. The molecule has 0 spiro atoms. The van der Waals surface area contributed by atoms with E-state index in [9.17, 15) is 14.0 Å². The standard InChI is InChI=1S/C22H19FN2O2S/c1-14-7-8-18(15(2)11-14)25-20(26)12-24(19-6-4-3-5-17(19)23)22(27)21(25)16-9-10-28-13-16/h3-11,13,21H,12H2,1-2H3/t21-/m1/s1. The zero-order chi connectivity index (χ0) is 19.8. The highest BCUT2D eigenvalue weighted by Gasteiger charge is 2.43. The van der Waals surface area contributed by atoms with Crippen molar-refractivity contribution in [2.75, 3.05) is 16.3 Å². The van der Waals surface area contributed by atoms with Gasteiger partial charge in [0.1, 0.15) is 18.4 Å². The molecule has 0 aliphatic carbocycles. The lowest BCUT2D eigenvalue weighted by atomic mass is 10.00. The summed E-state index contributed by atoms with van der Waals surface area (Å²) < 4.78 is 14.4. The Morgan fingerprint density at radius 1 is 1.04 bits per heavy atom. The maximum absolute atomic E-state index is 14.4. The molecule has 0 unspecified atom stereocenters. The van der Waals surface area contributed by atoms with Crippen molar-refractivity contribution in [3.8, 4) is 0 Å². The number of anilines is 2. The second-order valence-corrected chi connectivity index (χ2v) is 7.67. The number of carbonyl (C=O) groups is 2. The van der Waals surface area contributed by atoms with Gasteiger partial charge in [-0.1, -0.05) is 29.8 Å². The van der Waals surface area contributed by atoms with Crippen LogP contribution in [0.1, 0.15) is 22.7 Å². The van der Waals surface area contributed by atoms with Gasteiger partial charge in [0.25, 0.3) is 5.91 Å². The van der Waals surface area contributed by atoms with E-state index in [1.807, 2.05) is 48.9 Å². The van der Waals surface area contributed by atoms with Crippen molar-refractivity contribution in [2.24, 2.45) is 0 Å². The molecule has 1 atom stereocenters. The summed E-state index contributed by atoms with van der Waals surface area (Å²) in [4.78, 5) is 29.4. The van der Waals surface area contributed by atoms with Gasteiger partial charge in [-0.15, -0.1) is 0 Å². The molecule has 2 heterocycles. The van der Waals surface area contributed by atoms with Gasteiger partial charge in [0.2, 0.25) is 5.91 Å². The van der Waals surface area contributed by atoms with Crippen molar-refractivity contribution >= 4 is 34.5 Å². The highest BCUT2D eigenvalue weighted by molar-refractivity contribution is 7.08. The zero-order valence-electron chi connectivity index (χ0n) is 15.6. The quantitative estimate of drug-likeness (QED) is 0.650. The van der Waals surface area contributed by atoms with E-state index in [0.717, 1.165) is 16.7 Å². The van der Waals surface area contributed by atoms with Crippen LogP contribution in [0.4, 0.5) is 15.8 Å². The van der Waals surface area contributed by atoms with Crippen molar-refractivity contribution < 1.29 is 14.0 Å². The number of halogens is 1. The summed E-state index contributed by atoms with van der Waals surface area (Å²) in [6.45, 7) is 3.71. The number of carbonyl (C=O) groups excluding carboxylic acids is 2. The molecule has 0 saturated carbocycles. The van der Waals surface area contributed by atoms with Crippen LogP contribution in [0, 0.1) is 19.7 Å². The topological polar surface area (TPSA) is 40.6 Å². The normalized spacial score (nSPS) is 17.3. The maximum Gasteiger partial charge on any atom is 0.255 e. The van der Waals surface area contributed by atoms with Gasteiger partial charge >= 0.3 is 0 Å². The Labute approximate surface area is 166 Å². The number of para-hydroxylation sites is 1. The summed E-state index contributed by atoms with van der Waals surface area (Å²) in [5.74, 6) is -1.08. The van der Waals surface area contributed by atoms with Gasteiger partial charge in [0, 0.05) is 5.69 Å². The average Bonchev–Trinajstić information content (AvgIpc) is 3.18. The number of amides is 2. The highest BCUT2D eigenvalue weighted by atomic mass is 32.1. The van der Waals surface area contributed by atoms with Crippen molar-refractivity contribution in [1.82, 2.24) is 0 Å². The van der Waals surface area contributed by atoms with Gasteiger partial charge < -0.3 is 0 Å². The summed E-state index contributed by atoms with van der Waals surface area (Å²) in [5, 5.41) is 3.73. The first-order valence-electron chi connectivity index (χ1n) is 8.94. The van der Waals surface area contributed by atoms with E-state index < -0.39 is 11.9 Å². The first-order chi connectivity index (χ1) is 13.5. The molecule has 4 nitrogen and oxygen atoms in total. The lowest BCUT2D eigenvalue weighted by Gasteiger charge is -2.40. The number of aryl methyl sites for hydroxylation is 2. The molecule has 2 amide bonds. The van der Waals surface area contributed by atoms with Crippen LogP contribution >= 0.6 is 11.3 Å². The fourth-order valence-electron chi connectivity index (χ4n) is 3.64. The largest absolute Gasteiger partial charge is 0.298 e. The maximum atomic E-state index is 14.4. The smallest absolute Gasteiger partial charge is 0.255 e. The number of hydrogen-bond donors (Lipinski definition) is 0. The Balaban J connectivity index is 1.83. The molecule has 1 fully saturated rings. The molecule has 6 heteroatoms. The lowest BCUT2D eigenvalue weighted by molar-refractivity contribution is -0.128. The molecule has 28 heavy (non-hydrogen) atoms. The van der Waals surface area contributed by atoms with Gasteiger partial charge in [-0.3, -0.25) is 19.4 Å². The van der Waals surface area contributed by atoms with Crippen molar-refractivity contribution in [1.29, 1.82) is 0 Å². The summed E-state index contributed by atoms with van der Waals surface area (Å²) in [6, 6.07) is 12.8. The predicted octanol–water partition coefficient (Wildman–Crippen LogP) is 4.63. The van der Waals surface area contributed by atoms with Crippen LogP contribution in [0.2, 0.25) is 0 Å². The minimum Gasteiger partial charge on any atom is -0.298 e. The second kappa shape index (κ2) is 7.20. The molecular weight excluding hydrogens is 375 g/mol. The number of thiophene rings is 1. The number of benzene rings is 2. The van der Waals surface area contributed by atoms with Crippen molar-refractivity contribution in [2.45, 2.75) is 19.9 Å². The number of nitrogens with zero attached hydrogens (tertiary/aromatic N) is 2. The molecule has 1 aliphatic rings. The van der Waals surface area contributed by atoms with Gasteiger partial charge in [0.15, 0.2) is 0 Å². The molecule has 2 aromatic carbocycles. The van der Waals surface area contributed by atoms with E-state index in [0.29, 0.717) is 5.69 Å². The molecule has 0 bridgehead atoms. The Morgan fingerprint density at radius 3 is 2.50 bits per heavy atom. The van der Waals surface area contributed by atoms with E-state index in [1.54, 1.807) is 17.0 Å². The van der Waals surface area contributed by atoms with Crippen LogP contribution in [0.3, 0.4) is 0 Å². The molecular formula is C22H19FN2O2S.